The molecule has 1 aromatic heterocycles. The maximum Gasteiger partial charge on any atom is 0.330 e. The average Bonchev–Trinajstić information content (AvgIpc) is 2.76. The van der Waals surface area contributed by atoms with Crippen molar-refractivity contribution in [3.8, 4) is 0 Å². The fourth-order valence-electron chi connectivity index (χ4n) is 0.993. The zero-order valence-corrected chi connectivity index (χ0v) is 9.58. The maximum atomic E-state index is 12.5. The van der Waals surface area contributed by atoms with Crippen LogP contribution in [-0.2, 0) is 11.3 Å². The quantitative estimate of drug-likeness (QED) is 0.766. The van der Waals surface area contributed by atoms with Gasteiger partial charge in [0.05, 0.1) is 6.04 Å². The van der Waals surface area contributed by atoms with E-state index in [4.69, 9.17) is 10.3 Å². The van der Waals surface area contributed by atoms with Crippen molar-refractivity contribution in [2.75, 3.05) is 6.61 Å². The molecule has 0 fully saturated rings. The van der Waals surface area contributed by atoms with Gasteiger partial charge in [0.1, 0.15) is 13.2 Å². The molecule has 0 aliphatic carbocycles. The number of rotatable bonds is 7. The highest BCUT2D eigenvalue weighted by atomic mass is 19.3. The van der Waals surface area contributed by atoms with E-state index in [1.807, 2.05) is 0 Å². The number of aromatic nitrogens is 2. The third-order valence-corrected chi connectivity index (χ3v) is 2.09. The monoisotopic (exact) mass is 271 g/mol. The third-order valence-electron chi connectivity index (χ3n) is 2.09. The van der Waals surface area contributed by atoms with Crippen molar-refractivity contribution < 1.29 is 26.8 Å². The van der Waals surface area contributed by atoms with Crippen molar-refractivity contribution in [1.82, 2.24) is 10.1 Å². The van der Waals surface area contributed by atoms with Crippen molar-refractivity contribution in [2.45, 2.75) is 38.3 Å². The van der Waals surface area contributed by atoms with Gasteiger partial charge >= 0.3 is 12.3 Å². The van der Waals surface area contributed by atoms with Gasteiger partial charge in [-0.2, -0.15) is 13.8 Å². The Kier molecular flexibility index (Phi) is 5.03. The molecule has 5 nitrogen and oxygen atoms in total. The molecule has 1 rings (SSSR count). The molecule has 104 valence electrons. The van der Waals surface area contributed by atoms with Crippen LogP contribution in [0.2, 0.25) is 0 Å². The lowest BCUT2D eigenvalue weighted by atomic mass is 10.2. The van der Waals surface area contributed by atoms with Gasteiger partial charge in [-0.3, -0.25) is 0 Å². The third kappa shape index (κ3) is 3.91. The topological polar surface area (TPSA) is 74.2 Å². The summed E-state index contributed by atoms with van der Waals surface area (Å²) < 4.78 is 57.7. The molecule has 9 heteroatoms. The molecule has 1 aromatic rings. The summed E-state index contributed by atoms with van der Waals surface area (Å²) in [6, 6.07) is -0.450. The van der Waals surface area contributed by atoms with Crippen LogP contribution in [-0.4, -0.2) is 29.1 Å². The molecule has 0 bridgehead atoms. The molecule has 0 radical (unpaired) electrons. The standard InChI is InChI=1S/C9H13F4N3O2/c1-2-5(14)7-15-6(16-18-7)3-17-4-9(12,13)8(10)11/h5,8H,2-4,14H2,1H3/t5-/m0/s1. The lowest BCUT2D eigenvalue weighted by molar-refractivity contribution is -0.168. The van der Waals surface area contributed by atoms with Crippen LogP contribution in [0.5, 0.6) is 0 Å². The Labute approximate surface area is 100 Å². The van der Waals surface area contributed by atoms with Crippen LogP contribution in [0.4, 0.5) is 17.6 Å². The van der Waals surface area contributed by atoms with Gasteiger partial charge in [0.25, 0.3) is 0 Å². The Morgan fingerprint density at radius 1 is 1.44 bits per heavy atom. The van der Waals surface area contributed by atoms with Gasteiger partial charge < -0.3 is 15.0 Å². The highest BCUT2D eigenvalue weighted by Gasteiger charge is 2.41. The molecular weight excluding hydrogens is 258 g/mol. The molecule has 0 aromatic carbocycles. The zero-order chi connectivity index (χ0) is 13.8. The first-order chi connectivity index (χ1) is 8.36. The van der Waals surface area contributed by atoms with Crippen molar-refractivity contribution >= 4 is 0 Å². The Bertz CT molecular complexity index is 372. The first-order valence-corrected chi connectivity index (χ1v) is 5.18. The van der Waals surface area contributed by atoms with E-state index in [1.54, 1.807) is 6.92 Å². The molecule has 0 aliphatic rings. The predicted octanol–water partition coefficient (Wildman–Crippen LogP) is 1.90. The molecule has 2 N–H and O–H groups in total. The van der Waals surface area contributed by atoms with Gasteiger partial charge in [-0.1, -0.05) is 12.1 Å². The second kappa shape index (κ2) is 6.10. The summed E-state index contributed by atoms with van der Waals surface area (Å²) in [7, 11) is 0. The van der Waals surface area contributed by atoms with Crippen LogP contribution in [0.3, 0.4) is 0 Å². The van der Waals surface area contributed by atoms with Gasteiger partial charge in [-0.15, -0.1) is 0 Å². The molecule has 0 aliphatic heterocycles. The zero-order valence-electron chi connectivity index (χ0n) is 9.58. The maximum absolute atomic E-state index is 12.5. The molecule has 0 spiro atoms. The van der Waals surface area contributed by atoms with Gasteiger partial charge in [0.15, 0.2) is 5.82 Å². The lowest BCUT2D eigenvalue weighted by Gasteiger charge is -2.14. The van der Waals surface area contributed by atoms with Crippen LogP contribution in [0.1, 0.15) is 31.1 Å². The van der Waals surface area contributed by atoms with Crippen LogP contribution < -0.4 is 5.73 Å². The highest BCUT2D eigenvalue weighted by Crippen LogP contribution is 2.23. The first-order valence-electron chi connectivity index (χ1n) is 5.18. The van der Waals surface area contributed by atoms with E-state index in [-0.39, 0.29) is 11.7 Å². The summed E-state index contributed by atoms with van der Waals surface area (Å²) >= 11 is 0. The van der Waals surface area contributed by atoms with Crippen molar-refractivity contribution in [3.63, 3.8) is 0 Å². The van der Waals surface area contributed by atoms with E-state index in [0.717, 1.165) is 0 Å². The Hall–Kier alpha value is -1.22. The number of nitrogens with zero attached hydrogens (tertiary/aromatic N) is 2. The van der Waals surface area contributed by atoms with Crippen LogP contribution in [0, 0.1) is 0 Å². The molecule has 0 saturated heterocycles. The van der Waals surface area contributed by atoms with Gasteiger partial charge in [0.2, 0.25) is 5.89 Å². The molecule has 18 heavy (non-hydrogen) atoms. The summed E-state index contributed by atoms with van der Waals surface area (Å²) in [4.78, 5) is 3.79. The summed E-state index contributed by atoms with van der Waals surface area (Å²) in [6.07, 6.45) is -3.21. The smallest absolute Gasteiger partial charge is 0.330 e. The number of hydrogen-bond acceptors (Lipinski definition) is 5. The van der Waals surface area contributed by atoms with Crippen molar-refractivity contribution in [3.05, 3.63) is 11.7 Å². The van der Waals surface area contributed by atoms with Crippen LogP contribution >= 0.6 is 0 Å². The highest BCUT2D eigenvalue weighted by molar-refractivity contribution is 4.90. The number of hydrogen-bond donors (Lipinski definition) is 1. The summed E-state index contributed by atoms with van der Waals surface area (Å²) in [6.45, 7) is -0.0507. The Balaban J connectivity index is 2.43. The summed E-state index contributed by atoms with van der Waals surface area (Å²) in [5.41, 5.74) is 5.59. The number of nitrogens with two attached hydrogens (primary N) is 1. The average molecular weight is 271 g/mol. The largest absolute Gasteiger partial charge is 0.367 e. The van der Waals surface area contributed by atoms with Gasteiger partial charge in [0, 0.05) is 0 Å². The van der Waals surface area contributed by atoms with E-state index >= 15 is 0 Å². The van der Waals surface area contributed by atoms with Crippen molar-refractivity contribution in [2.24, 2.45) is 5.73 Å². The van der Waals surface area contributed by atoms with Crippen LogP contribution in [0.15, 0.2) is 4.52 Å². The van der Waals surface area contributed by atoms with Crippen molar-refractivity contribution in [1.29, 1.82) is 0 Å². The Morgan fingerprint density at radius 3 is 2.67 bits per heavy atom. The molecule has 0 saturated carbocycles. The van der Waals surface area contributed by atoms with E-state index in [2.05, 4.69) is 14.9 Å². The minimum atomic E-state index is -4.19. The number of ether oxygens (including phenoxy) is 1. The Morgan fingerprint density at radius 2 is 2.11 bits per heavy atom. The van der Waals surface area contributed by atoms with E-state index in [1.165, 1.54) is 0 Å². The minimum absolute atomic E-state index is 0.0148. The molecule has 0 unspecified atom stereocenters. The number of alkyl halides is 4. The van der Waals surface area contributed by atoms with Gasteiger partial charge in [-0.05, 0) is 6.42 Å². The molecule has 1 heterocycles. The van der Waals surface area contributed by atoms with E-state index in [9.17, 15) is 17.6 Å². The fourth-order valence-corrected chi connectivity index (χ4v) is 0.993. The first kappa shape index (κ1) is 14.8. The van der Waals surface area contributed by atoms with Crippen LogP contribution in [0.25, 0.3) is 0 Å². The SMILES string of the molecule is CC[C@H](N)c1nc(COCC(F)(F)C(F)F)no1. The van der Waals surface area contributed by atoms with E-state index in [0.29, 0.717) is 6.42 Å². The second-order valence-electron chi connectivity index (χ2n) is 3.62. The number of halogens is 4. The summed E-state index contributed by atoms with van der Waals surface area (Å²) in [5.74, 6) is -4.05. The second-order valence-corrected chi connectivity index (χ2v) is 3.62. The minimum Gasteiger partial charge on any atom is -0.367 e. The predicted molar refractivity (Wildman–Crippen MR) is 52.1 cm³/mol. The molecule has 0 amide bonds. The van der Waals surface area contributed by atoms with Gasteiger partial charge in [-0.25, -0.2) is 8.78 Å². The lowest BCUT2D eigenvalue weighted by Crippen LogP contribution is -2.32. The fraction of sp³-hybridized carbons (Fsp3) is 0.778. The molecular formula is C9H13F4N3O2. The normalized spacial score (nSPS) is 14.2. The van der Waals surface area contributed by atoms with E-state index < -0.39 is 31.6 Å². The molecule has 1 atom stereocenters. The summed E-state index contributed by atoms with van der Waals surface area (Å²) in [5, 5.41) is 3.43.